The third kappa shape index (κ3) is 8.32. The van der Waals surface area contributed by atoms with E-state index < -0.39 is 57.1 Å². The number of nitrogens with zero attached hydrogens (tertiary/aromatic N) is 1. The second-order valence-electron chi connectivity index (χ2n) is 12.8. The highest BCUT2D eigenvalue weighted by Gasteiger charge is 2.61. The lowest BCUT2D eigenvalue weighted by molar-refractivity contribution is -0.141. The molecule has 0 radical (unpaired) electrons. The number of ether oxygens (including phenoxy) is 1. The molecule has 1 unspecified atom stereocenters. The normalized spacial score (nSPS) is 27.6. The molecule has 1 aromatic carbocycles. The summed E-state index contributed by atoms with van der Waals surface area (Å²) in [5, 5.41) is 5.50. The third-order valence-corrected chi connectivity index (χ3v) is 10.0. The summed E-state index contributed by atoms with van der Waals surface area (Å²) >= 11 is 6.10. The zero-order chi connectivity index (χ0) is 32.1. The predicted octanol–water partition coefficient (Wildman–Crippen LogP) is 4.20. The van der Waals surface area contributed by atoms with Gasteiger partial charge in [-0.25, -0.2) is 17.9 Å². The van der Waals surface area contributed by atoms with Gasteiger partial charge in [0.25, 0.3) is 15.9 Å². The molecule has 3 N–H and O–H groups in total. The van der Waals surface area contributed by atoms with E-state index in [9.17, 15) is 27.6 Å². The maximum atomic E-state index is 13.8. The molecule has 1 saturated heterocycles. The van der Waals surface area contributed by atoms with E-state index in [0.29, 0.717) is 25.8 Å². The molecule has 11 nitrogen and oxygen atoms in total. The third-order valence-electron chi connectivity index (χ3n) is 8.18. The molecular weight excluding hydrogens is 608 g/mol. The Morgan fingerprint density at radius 3 is 2.48 bits per heavy atom. The molecule has 3 aliphatic rings. The van der Waals surface area contributed by atoms with Crippen LogP contribution < -0.4 is 15.4 Å². The minimum Gasteiger partial charge on any atom is -0.444 e. The number of fused-ring (bicyclic) bond motifs is 2. The summed E-state index contributed by atoms with van der Waals surface area (Å²) < 4.78 is 33.7. The summed E-state index contributed by atoms with van der Waals surface area (Å²) in [7, 11) is -4.32. The van der Waals surface area contributed by atoms with Crippen molar-refractivity contribution in [3.63, 3.8) is 0 Å². The Bertz CT molecular complexity index is 1390. The average Bonchev–Trinajstić information content (AvgIpc) is 3.39. The second kappa shape index (κ2) is 13.9. The van der Waals surface area contributed by atoms with Crippen molar-refractivity contribution in [3.8, 4) is 0 Å². The fourth-order valence-electron chi connectivity index (χ4n) is 5.83. The van der Waals surface area contributed by atoms with Crippen LogP contribution in [0.4, 0.5) is 4.79 Å². The maximum absolute atomic E-state index is 13.8. The van der Waals surface area contributed by atoms with Crippen LogP contribution in [0.25, 0.3) is 0 Å². The summed E-state index contributed by atoms with van der Waals surface area (Å²) in [5.74, 6) is -2.21. The van der Waals surface area contributed by atoms with Crippen LogP contribution in [0.3, 0.4) is 0 Å². The van der Waals surface area contributed by atoms with E-state index in [4.69, 9.17) is 16.3 Å². The number of carbonyl (C=O) groups is 4. The first-order chi connectivity index (χ1) is 20.7. The lowest BCUT2D eigenvalue weighted by Gasteiger charge is -2.30. The molecule has 0 bridgehead atoms. The zero-order valence-electron chi connectivity index (χ0n) is 25.6. The number of sulfonamides is 1. The van der Waals surface area contributed by atoms with Gasteiger partial charge in [0.05, 0.1) is 5.02 Å². The molecule has 0 spiro atoms. The molecular formula is C31H43ClN4O7S. The van der Waals surface area contributed by atoms with E-state index in [0.717, 1.165) is 38.5 Å². The minimum atomic E-state index is -4.32. The van der Waals surface area contributed by atoms with Crippen molar-refractivity contribution >= 4 is 45.4 Å². The molecule has 4 amide bonds. The Balaban J connectivity index is 1.58. The Hall–Kier alpha value is -3.12. The van der Waals surface area contributed by atoms with Gasteiger partial charge >= 0.3 is 6.09 Å². The van der Waals surface area contributed by atoms with Gasteiger partial charge in [0.1, 0.15) is 28.1 Å². The molecule has 1 saturated carbocycles. The molecule has 0 aromatic heterocycles. The topological polar surface area (TPSA) is 151 Å². The Labute approximate surface area is 264 Å². The minimum absolute atomic E-state index is 0.0369. The number of rotatable bonds is 4. The molecule has 2 fully saturated rings. The number of hydrogen-bond acceptors (Lipinski definition) is 7. The molecule has 1 aliphatic carbocycles. The van der Waals surface area contributed by atoms with Crippen LogP contribution in [0.2, 0.25) is 5.02 Å². The van der Waals surface area contributed by atoms with E-state index in [-0.39, 0.29) is 22.2 Å². The van der Waals surface area contributed by atoms with E-state index in [2.05, 4.69) is 15.4 Å². The average molecular weight is 651 g/mol. The van der Waals surface area contributed by atoms with Crippen LogP contribution >= 0.6 is 11.6 Å². The number of carbonyl (C=O) groups excluding carboxylic acids is 4. The van der Waals surface area contributed by atoms with Crippen molar-refractivity contribution < 1.29 is 32.3 Å². The number of hydrogen-bond donors (Lipinski definition) is 3. The first-order valence-electron chi connectivity index (χ1n) is 15.3. The monoisotopic (exact) mass is 650 g/mol. The summed E-state index contributed by atoms with van der Waals surface area (Å²) in [6.45, 7) is 5.53. The summed E-state index contributed by atoms with van der Waals surface area (Å²) in [6, 6.07) is 4.03. The van der Waals surface area contributed by atoms with Crippen molar-refractivity contribution in [3.05, 3.63) is 41.4 Å². The van der Waals surface area contributed by atoms with Crippen molar-refractivity contribution in [2.45, 2.75) is 113 Å². The SMILES string of the molecule is CC(C)(C)OC(=O)NC1CCCCCCC/C=C\[C@@H]2C[C@@]2(C(=O)NS(=O)(=O)c2ccccc2Cl)NC(=O)[C@@H]2CCCN2C1=O. The molecule has 4 rings (SSSR count). The largest absolute Gasteiger partial charge is 0.444 e. The lowest BCUT2D eigenvalue weighted by Crippen LogP contribution is -2.58. The Morgan fingerprint density at radius 2 is 1.75 bits per heavy atom. The van der Waals surface area contributed by atoms with E-state index in [1.807, 2.05) is 12.2 Å². The highest BCUT2D eigenvalue weighted by atomic mass is 35.5. The van der Waals surface area contributed by atoms with E-state index >= 15 is 0 Å². The van der Waals surface area contributed by atoms with Gasteiger partial charge in [-0.05, 0) is 71.4 Å². The first-order valence-corrected chi connectivity index (χ1v) is 17.2. The van der Waals surface area contributed by atoms with Crippen molar-refractivity contribution in [1.29, 1.82) is 0 Å². The van der Waals surface area contributed by atoms with E-state index in [1.165, 1.54) is 23.1 Å². The van der Waals surface area contributed by atoms with Crippen molar-refractivity contribution in [1.82, 2.24) is 20.3 Å². The van der Waals surface area contributed by atoms with Crippen molar-refractivity contribution in [2.24, 2.45) is 5.92 Å². The molecule has 1 aromatic rings. The van der Waals surface area contributed by atoms with Crippen LogP contribution in [0.1, 0.15) is 85.0 Å². The summed E-state index contributed by atoms with van der Waals surface area (Å²) in [6.07, 6.45) is 9.90. The Morgan fingerprint density at radius 1 is 1.05 bits per heavy atom. The zero-order valence-corrected chi connectivity index (χ0v) is 27.1. The summed E-state index contributed by atoms with van der Waals surface area (Å²) in [4.78, 5) is 55.0. The quantitative estimate of drug-likeness (QED) is 0.413. The molecule has 4 atom stereocenters. The predicted molar refractivity (Wildman–Crippen MR) is 165 cm³/mol. The van der Waals surface area contributed by atoms with Crippen LogP contribution in [0.5, 0.6) is 0 Å². The number of nitrogens with one attached hydrogen (secondary N) is 3. The van der Waals surface area contributed by atoms with Gasteiger partial charge in [-0.3, -0.25) is 14.4 Å². The number of halogens is 1. The number of amides is 4. The molecule has 2 aliphatic heterocycles. The number of allylic oxidation sites excluding steroid dienone is 1. The second-order valence-corrected chi connectivity index (χ2v) is 14.9. The Kier molecular flexibility index (Phi) is 10.7. The smallest absolute Gasteiger partial charge is 0.408 e. The van der Waals surface area contributed by atoms with Gasteiger partial charge in [0, 0.05) is 12.5 Å². The van der Waals surface area contributed by atoms with Gasteiger partial charge in [0.15, 0.2) is 0 Å². The van der Waals surface area contributed by atoms with Crippen LogP contribution in [0, 0.1) is 5.92 Å². The number of alkyl carbamates (subject to hydrolysis) is 1. The fourth-order valence-corrected chi connectivity index (χ4v) is 7.39. The lowest BCUT2D eigenvalue weighted by atomic mass is 10.0. The summed E-state index contributed by atoms with van der Waals surface area (Å²) in [5.41, 5.74) is -2.25. The van der Waals surface area contributed by atoms with Gasteiger partial charge < -0.3 is 20.3 Å². The highest BCUT2D eigenvalue weighted by molar-refractivity contribution is 7.90. The van der Waals surface area contributed by atoms with Crippen molar-refractivity contribution in [2.75, 3.05) is 6.54 Å². The first kappa shape index (κ1) is 33.8. The van der Waals surface area contributed by atoms with Gasteiger partial charge in [-0.1, -0.05) is 61.6 Å². The maximum Gasteiger partial charge on any atom is 0.408 e. The molecule has 44 heavy (non-hydrogen) atoms. The molecule has 13 heteroatoms. The van der Waals surface area contributed by atoms with Crippen LogP contribution in [-0.4, -0.2) is 66.9 Å². The van der Waals surface area contributed by atoms with Gasteiger partial charge in [-0.15, -0.1) is 0 Å². The number of benzene rings is 1. The van der Waals surface area contributed by atoms with Gasteiger partial charge in [0.2, 0.25) is 11.8 Å². The van der Waals surface area contributed by atoms with E-state index in [1.54, 1.807) is 26.8 Å². The van der Waals surface area contributed by atoms with Crippen LogP contribution in [-0.2, 0) is 29.1 Å². The fraction of sp³-hybridized carbons (Fsp3) is 0.613. The molecule has 2 heterocycles. The highest BCUT2D eigenvalue weighted by Crippen LogP contribution is 2.46. The van der Waals surface area contributed by atoms with Crippen LogP contribution in [0.15, 0.2) is 41.3 Å². The van der Waals surface area contributed by atoms with Gasteiger partial charge in [-0.2, -0.15) is 0 Å². The molecule has 242 valence electrons. The standard InChI is InChI=1S/C31H43ClN4O7S/c1-30(2,3)43-29(40)33-23-16-10-8-6-4-5-7-9-14-21-20-31(21,34-26(37)24-17-13-19-36(24)27(23)38)28(39)35-44(41,42)25-18-12-11-15-22(25)32/h9,11-12,14-15,18,21,23-24H,4-8,10,13,16-17,19-20H2,1-3H3,(H,33,40)(H,34,37)(H,35,39)/b14-9-/t21-,23?,24+,31-/m1/s1.